The molecule has 2 heterocycles. The maximum absolute atomic E-state index is 12.1. The second-order valence-corrected chi connectivity index (χ2v) is 8.24. The number of ether oxygens (including phenoxy) is 1. The molecular formula is C17H31N3O5. The molecule has 0 aromatic carbocycles. The average Bonchev–Trinajstić information content (AvgIpc) is 2.48. The van der Waals surface area contributed by atoms with Crippen molar-refractivity contribution in [1.82, 2.24) is 14.7 Å². The summed E-state index contributed by atoms with van der Waals surface area (Å²) in [5, 5.41) is 20.0. The molecule has 2 amide bonds. The van der Waals surface area contributed by atoms with Gasteiger partial charge in [0, 0.05) is 45.3 Å². The van der Waals surface area contributed by atoms with Gasteiger partial charge < -0.3 is 24.7 Å². The zero-order valence-corrected chi connectivity index (χ0v) is 15.7. The SMILES string of the molecule is C[C@H]1CN(C(=O)O)CCN1CC1(O)CCN(C(=O)OC(C)(C)C)CC1. The van der Waals surface area contributed by atoms with Crippen LogP contribution in [0.2, 0.25) is 0 Å². The zero-order valence-electron chi connectivity index (χ0n) is 15.7. The lowest BCUT2D eigenvalue weighted by atomic mass is 9.90. The largest absolute Gasteiger partial charge is 0.465 e. The number of aliphatic hydroxyl groups is 1. The van der Waals surface area contributed by atoms with Crippen molar-refractivity contribution in [2.24, 2.45) is 0 Å². The van der Waals surface area contributed by atoms with E-state index in [0.717, 1.165) is 0 Å². The lowest BCUT2D eigenvalue weighted by Gasteiger charge is -2.45. The molecule has 8 nitrogen and oxygen atoms in total. The topological polar surface area (TPSA) is 93.5 Å². The number of hydrogen-bond acceptors (Lipinski definition) is 5. The Labute approximate surface area is 149 Å². The summed E-state index contributed by atoms with van der Waals surface area (Å²) in [6, 6.07) is 0.0674. The molecule has 0 saturated carbocycles. The first-order chi connectivity index (χ1) is 11.5. The maximum atomic E-state index is 12.1. The van der Waals surface area contributed by atoms with Crippen LogP contribution in [0.4, 0.5) is 9.59 Å². The van der Waals surface area contributed by atoms with Gasteiger partial charge in [-0.25, -0.2) is 9.59 Å². The third-order valence-corrected chi connectivity index (χ3v) is 4.88. The fourth-order valence-electron chi connectivity index (χ4n) is 3.37. The van der Waals surface area contributed by atoms with Gasteiger partial charge in [0.2, 0.25) is 0 Å². The number of hydrogen-bond donors (Lipinski definition) is 2. The second kappa shape index (κ2) is 7.37. The molecule has 0 bridgehead atoms. The summed E-state index contributed by atoms with van der Waals surface area (Å²) in [5.74, 6) is 0. The minimum Gasteiger partial charge on any atom is -0.465 e. The van der Waals surface area contributed by atoms with Crippen LogP contribution in [-0.2, 0) is 4.74 Å². The highest BCUT2D eigenvalue weighted by molar-refractivity contribution is 5.68. The zero-order chi connectivity index (χ0) is 18.8. The van der Waals surface area contributed by atoms with E-state index < -0.39 is 17.3 Å². The number of rotatable bonds is 2. The van der Waals surface area contributed by atoms with E-state index >= 15 is 0 Å². The number of β-amino-alcohol motifs (C(OH)–C–C–N with tert-alkyl or cyclic N) is 1. The Balaban J connectivity index is 1.84. The molecule has 0 aromatic rings. The maximum Gasteiger partial charge on any atom is 0.410 e. The summed E-state index contributed by atoms with van der Waals surface area (Å²) in [7, 11) is 0. The minimum absolute atomic E-state index is 0.0674. The Morgan fingerprint density at radius 2 is 1.72 bits per heavy atom. The van der Waals surface area contributed by atoms with Crippen LogP contribution in [0.15, 0.2) is 0 Å². The number of carbonyl (C=O) groups excluding carboxylic acids is 1. The van der Waals surface area contributed by atoms with Crippen LogP contribution in [0.25, 0.3) is 0 Å². The van der Waals surface area contributed by atoms with E-state index in [1.165, 1.54) is 4.90 Å². The van der Waals surface area contributed by atoms with Crippen molar-refractivity contribution in [3.63, 3.8) is 0 Å². The van der Waals surface area contributed by atoms with Gasteiger partial charge in [0.1, 0.15) is 5.60 Å². The fourth-order valence-corrected chi connectivity index (χ4v) is 3.37. The van der Waals surface area contributed by atoms with E-state index in [9.17, 15) is 14.7 Å². The Bertz CT molecular complexity index is 497. The van der Waals surface area contributed by atoms with Crippen molar-refractivity contribution < 1.29 is 24.5 Å². The van der Waals surface area contributed by atoms with Gasteiger partial charge in [0.05, 0.1) is 5.60 Å². The fraction of sp³-hybridized carbons (Fsp3) is 0.882. The minimum atomic E-state index is -0.893. The smallest absolute Gasteiger partial charge is 0.410 e. The van der Waals surface area contributed by atoms with Crippen molar-refractivity contribution in [2.75, 3.05) is 39.3 Å². The Morgan fingerprint density at radius 1 is 1.12 bits per heavy atom. The first-order valence-electron chi connectivity index (χ1n) is 8.91. The second-order valence-electron chi connectivity index (χ2n) is 8.24. The molecule has 2 N–H and O–H groups in total. The summed E-state index contributed by atoms with van der Waals surface area (Å²) in [5.41, 5.74) is -1.37. The summed E-state index contributed by atoms with van der Waals surface area (Å²) in [6.45, 7) is 10.5. The Morgan fingerprint density at radius 3 is 2.20 bits per heavy atom. The van der Waals surface area contributed by atoms with Crippen LogP contribution >= 0.6 is 0 Å². The quantitative estimate of drug-likeness (QED) is 0.777. The van der Waals surface area contributed by atoms with Gasteiger partial charge in [-0.15, -0.1) is 0 Å². The van der Waals surface area contributed by atoms with Crippen LogP contribution in [0.1, 0.15) is 40.5 Å². The van der Waals surface area contributed by atoms with Gasteiger partial charge in [-0.2, -0.15) is 0 Å². The predicted octanol–water partition coefficient (Wildman–Crippen LogP) is 1.43. The van der Waals surface area contributed by atoms with Crippen molar-refractivity contribution >= 4 is 12.2 Å². The normalized spacial score (nSPS) is 24.9. The van der Waals surface area contributed by atoms with Crippen LogP contribution in [0, 0.1) is 0 Å². The first kappa shape index (κ1) is 19.8. The highest BCUT2D eigenvalue weighted by Crippen LogP contribution is 2.26. The standard InChI is InChI=1S/C17H31N3O5/c1-13-11-19(14(21)22)9-10-20(13)12-17(24)5-7-18(8-6-17)15(23)25-16(2,3)4/h13,24H,5-12H2,1-4H3,(H,21,22)/t13-/m0/s1. The van der Waals surface area contributed by atoms with E-state index in [1.54, 1.807) is 4.90 Å². The lowest BCUT2D eigenvalue weighted by Crippen LogP contribution is -2.59. The van der Waals surface area contributed by atoms with Gasteiger partial charge in [-0.05, 0) is 40.5 Å². The third kappa shape index (κ3) is 5.47. The van der Waals surface area contributed by atoms with E-state index in [-0.39, 0.29) is 12.1 Å². The van der Waals surface area contributed by atoms with Crippen LogP contribution in [0.5, 0.6) is 0 Å². The molecule has 144 valence electrons. The molecule has 0 unspecified atom stereocenters. The molecule has 0 aliphatic carbocycles. The molecule has 2 saturated heterocycles. The molecule has 0 aromatic heterocycles. The summed E-state index contributed by atoms with van der Waals surface area (Å²) in [6.07, 6.45) is -0.232. The van der Waals surface area contributed by atoms with Crippen molar-refractivity contribution in [3.05, 3.63) is 0 Å². The summed E-state index contributed by atoms with van der Waals surface area (Å²) < 4.78 is 5.38. The van der Waals surface area contributed by atoms with Crippen molar-refractivity contribution in [2.45, 2.75) is 57.8 Å². The molecule has 2 aliphatic heterocycles. The Kier molecular flexibility index (Phi) is 5.83. The lowest BCUT2D eigenvalue weighted by molar-refractivity contribution is -0.0632. The van der Waals surface area contributed by atoms with Gasteiger partial charge in [0.25, 0.3) is 0 Å². The number of carboxylic acid groups (broad SMARTS) is 1. The highest BCUT2D eigenvalue weighted by atomic mass is 16.6. The third-order valence-electron chi connectivity index (χ3n) is 4.88. The predicted molar refractivity (Wildman–Crippen MR) is 92.6 cm³/mol. The number of likely N-dealkylation sites (tertiary alicyclic amines) is 1. The molecule has 0 spiro atoms. The number of amides is 2. The molecule has 1 atom stereocenters. The molecule has 2 aliphatic rings. The van der Waals surface area contributed by atoms with E-state index in [2.05, 4.69) is 4.90 Å². The summed E-state index contributed by atoms with van der Waals surface area (Å²) in [4.78, 5) is 28.4. The van der Waals surface area contributed by atoms with Crippen LogP contribution < -0.4 is 0 Å². The van der Waals surface area contributed by atoms with Gasteiger partial charge in [0.15, 0.2) is 0 Å². The summed E-state index contributed by atoms with van der Waals surface area (Å²) >= 11 is 0. The van der Waals surface area contributed by atoms with Gasteiger partial charge in [-0.3, -0.25) is 4.90 Å². The number of nitrogens with zero attached hydrogens (tertiary/aromatic N) is 3. The number of piperazine rings is 1. The number of carbonyl (C=O) groups is 2. The van der Waals surface area contributed by atoms with Crippen molar-refractivity contribution in [3.8, 4) is 0 Å². The molecule has 2 rings (SSSR count). The highest BCUT2D eigenvalue weighted by Gasteiger charge is 2.38. The van der Waals surface area contributed by atoms with E-state index in [4.69, 9.17) is 9.84 Å². The van der Waals surface area contributed by atoms with Crippen LogP contribution in [0.3, 0.4) is 0 Å². The average molecular weight is 357 g/mol. The molecule has 0 radical (unpaired) electrons. The number of piperidine rings is 1. The van der Waals surface area contributed by atoms with Crippen LogP contribution in [-0.4, -0.2) is 93.6 Å². The Hall–Kier alpha value is -1.54. The van der Waals surface area contributed by atoms with E-state index in [1.807, 2.05) is 27.7 Å². The van der Waals surface area contributed by atoms with Crippen molar-refractivity contribution in [1.29, 1.82) is 0 Å². The monoisotopic (exact) mass is 357 g/mol. The molecule has 25 heavy (non-hydrogen) atoms. The molecule has 8 heteroatoms. The van der Waals surface area contributed by atoms with E-state index in [0.29, 0.717) is 52.1 Å². The molecular weight excluding hydrogens is 326 g/mol. The molecule has 2 fully saturated rings. The first-order valence-corrected chi connectivity index (χ1v) is 8.91. The van der Waals surface area contributed by atoms with Gasteiger partial charge in [-0.1, -0.05) is 0 Å². The van der Waals surface area contributed by atoms with Gasteiger partial charge >= 0.3 is 12.2 Å².